The molecule has 1 fully saturated rings. The minimum atomic E-state index is 0.287. The zero-order valence-electron chi connectivity index (χ0n) is 17.2. The molecule has 1 aromatic heterocycles. The predicted molar refractivity (Wildman–Crippen MR) is 111 cm³/mol. The van der Waals surface area contributed by atoms with Crippen molar-refractivity contribution in [2.75, 3.05) is 52.8 Å². The summed E-state index contributed by atoms with van der Waals surface area (Å²) < 4.78 is 11.0. The number of ether oxygens (including phenoxy) is 2. The molecule has 152 valence electrons. The van der Waals surface area contributed by atoms with Crippen LogP contribution in [0.15, 0.2) is 18.2 Å². The summed E-state index contributed by atoms with van der Waals surface area (Å²) >= 11 is 0. The number of hydrogen-bond donors (Lipinski definition) is 1. The van der Waals surface area contributed by atoms with Crippen molar-refractivity contribution in [1.82, 2.24) is 15.2 Å². The van der Waals surface area contributed by atoms with Crippen molar-refractivity contribution in [3.63, 3.8) is 0 Å². The summed E-state index contributed by atoms with van der Waals surface area (Å²) in [6, 6.07) is 5.91. The summed E-state index contributed by atoms with van der Waals surface area (Å²) in [6.45, 7) is 3.28. The smallest absolute Gasteiger partial charge is 0.222 e. The summed E-state index contributed by atoms with van der Waals surface area (Å²) in [5.74, 6) is 2.70. The van der Waals surface area contributed by atoms with Crippen LogP contribution in [0.3, 0.4) is 0 Å². The lowest BCUT2D eigenvalue weighted by molar-refractivity contribution is -0.127. The van der Waals surface area contributed by atoms with Gasteiger partial charge in [-0.1, -0.05) is 0 Å². The molecule has 0 saturated carbocycles. The Labute approximate surface area is 166 Å². The first kappa shape index (κ1) is 20.2. The Morgan fingerprint density at radius 1 is 1.21 bits per heavy atom. The SMILES string of the molecule is COc1ccc(OC)c2nc(N(C)C)c(CNCCCN3CCCC3=O)cc12. The number of benzene rings is 1. The minimum Gasteiger partial charge on any atom is -0.496 e. The highest BCUT2D eigenvalue weighted by molar-refractivity contribution is 5.92. The highest BCUT2D eigenvalue weighted by atomic mass is 16.5. The molecule has 7 nitrogen and oxygen atoms in total. The van der Waals surface area contributed by atoms with E-state index in [1.54, 1.807) is 14.2 Å². The lowest BCUT2D eigenvalue weighted by Gasteiger charge is -2.20. The molecule has 1 saturated heterocycles. The normalized spacial score (nSPS) is 14.0. The molecular formula is C21H30N4O3. The van der Waals surface area contributed by atoms with Crippen LogP contribution in [-0.4, -0.2) is 63.7 Å². The molecule has 3 rings (SSSR count). The standard InChI is InChI=1S/C21H30N4O3/c1-24(2)21-15(14-22-10-6-12-25-11-5-7-19(25)26)13-16-17(27-3)8-9-18(28-4)20(16)23-21/h8-9,13,22H,5-7,10-12,14H2,1-4H3. The topological polar surface area (TPSA) is 66.9 Å². The fourth-order valence-electron chi connectivity index (χ4n) is 3.66. The van der Waals surface area contributed by atoms with Gasteiger partial charge < -0.3 is 24.6 Å². The number of anilines is 1. The summed E-state index contributed by atoms with van der Waals surface area (Å²) in [4.78, 5) is 20.5. The first-order chi connectivity index (χ1) is 13.5. The first-order valence-corrected chi connectivity index (χ1v) is 9.75. The van der Waals surface area contributed by atoms with Gasteiger partial charge in [0.2, 0.25) is 5.91 Å². The Morgan fingerprint density at radius 3 is 2.61 bits per heavy atom. The Kier molecular flexibility index (Phi) is 6.57. The van der Waals surface area contributed by atoms with E-state index in [9.17, 15) is 4.79 Å². The molecule has 1 aromatic carbocycles. The van der Waals surface area contributed by atoms with Crippen LogP contribution >= 0.6 is 0 Å². The summed E-state index contributed by atoms with van der Waals surface area (Å²) in [7, 11) is 7.30. The third kappa shape index (κ3) is 4.30. The van der Waals surface area contributed by atoms with Gasteiger partial charge in [0.25, 0.3) is 0 Å². The Bertz CT molecular complexity index is 838. The Balaban J connectivity index is 1.73. The van der Waals surface area contributed by atoms with E-state index in [0.29, 0.717) is 13.0 Å². The number of nitrogens with one attached hydrogen (secondary N) is 1. The highest BCUT2D eigenvalue weighted by Gasteiger charge is 2.19. The molecule has 28 heavy (non-hydrogen) atoms. The number of carbonyl (C=O) groups is 1. The van der Waals surface area contributed by atoms with Crippen LogP contribution in [-0.2, 0) is 11.3 Å². The lowest BCUT2D eigenvalue weighted by Crippen LogP contribution is -2.28. The predicted octanol–water partition coefficient (Wildman–Crippen LogP) is 2.42. The molecule has 0 radical (unpaired) electrons. The van der Waals surface area contributed by atoms with Gasteiger partial charge in [0.1, 0.15) is 22.8 Å². The fourth-order valence-corrected chi connectivity index (χ4v) is 3.66. The molecule has 2 aromatic rings. The van der Waals surface area contributed by atoms with Crippen LogP contribution in [0.1, 0.15) is 24.8 Å². The molecule has 7 heteroatoms. The van der Waals surface area contributed by atoms with E-state index in [4.69, 9.17) is 14.5 Å². The van der Waals surface area contributed by atoms with Crippen molar-refractivity contribution in [2.45, 2.75) is 25.8 Å². The first-order valence-electron chi connectivity index (χ1n) is 9.75. The largest absolute Gasteiger partial charge is 0.496 e. The molecule has 1 N–H and O–H groups in total. The number of aromatic nitrogens is 1. The van der Waals surface area contributed by atoms with Crippen LogP contribution in [0.2, 0.25) is 0 Å². The van der Waals surface area contributed by atoms with E-state index in [0.717, 1.165) is 66.3 Å². The van der Waals surface area contributed by atoms with Crippen LogP contribution in [0.5, 0.6) is 11.5 Å². The van der Waals surface area contributed by atoms with Crippen LogP contribution in [0.4, 0.5) is 5.82 Å². The minimum absolute atomic E-state index is 0.287. The lowest BCUT2D eigenvalue weighted by atomic mass is 10.1. The molecule has 1 aliphatic rings. The van der Waals surface area contributed by atoms with E-state index < -0.39 is 0 Å². The van der Waals surface area contributed by atoms with Gasteiger partial charge in [0, 0.05) is 51.1 Å². The van der Waals surface area contributed by atoms with Crippen molar-refractivity contribution >= 4 is 22.6 Å². The number of hydrogen-bond acceptors (Lipinski definition) is 6. The number of nitrogens with zero attached hydrogens (tertiary/aromatic N) is 3. The zero-order valence-corrected chi connectivity index (χ0v) is 17.2. The van der Waals surface area contributed by atoms with Gasteiger partial charge >= 0.3 is 0 Å². The number of likely N-dealkylation sites (tertiary alicyclic amines) is 1. The van der Waals surface area contributed by atoms with Crippen LogP contribution in [0, 0.1) is 0 Å². The number of amides is 1. The van der Waals surface area contributed by atoms with Crippen molar-refractivity contribution in [3.8, 4) is 11.5 Å². The zero-order chi connectivity index (χ0) is 20.1. The molecule has 0 unspecified atom stereocenters. The van der Waals surface area contributed by atoms with Crippen molar-refractivity contribution in [1.29, 1.82) is 0 Å². The summed E-state index contributed by atoms with van der Waals surface area (Å²) in [5, 5.41) is 4.43. The van der Waals surface area contributed by atoms with Gasteiger partial charge in [0.15, 0.2) is 0 Å². The van der Waals surface area contributed by atoms with E-state index in [1.165, 1.54) is 0 Å². The Morgan fingerprint density at radius 2 is 1.96 bits per heavy atom. The number of methoxy groups -OCH3 is 2. The third-order valence-corrected chi connectivity index (χ3v) is 5.10. The maximum absolute atomic E-state index is 11.7. The van der Waals surface area contributed by atoms with Crippen LogP contribution in [0.25, 0.3) is 10.9 Å². The van der Waals surface area contributed by atoms with Crippen molar-refractivity contribution in [3.05, 3.63) is 23.8 Å². The molecule has 1 amide bonds. The fraction of sp³-hybridized carbons (Fsp3) is 0.524. The van der Waals surface area contributed by atoms with Gasteiger partial charge in [0.05, 0.1) is 14.2 Å². The van der Waals surface area contributed by atoms with Gasteiger partial charge in [-0.15, -0.1) is 0 Å². The number of carbonyl (C=O) groups excluding carboxylic acids is 1. The molecule has 0 atom stereocenters. The van der Waals surface area contributed by atoms with Gasteiger partial charge in [-0.25, -0.2) is 4.98 Å². The number of pyridine rings is 1. The van der Waals surface area contributed by atoms with Gasteiger partial charge in [-0.05, 0) is 37.6 Å². The second kappa shape index (κ2) is 9.10. The second-order valence-corrected chi connectivity index (χ2v) is 7.25. The molecular weight excluding hydrogens is 356 g/mol. The highest BCUT2D eigenvalue weighted by Crippen LogP contribution is 2.34. The summed E-state index contributed by atoms with van der Waals surface area (Å²) in [6.07, 6.45) is 2.64. The van der Waals surface area contributed by atoms with Gasteiger partial charge in [-0.3, -0.25) is 4.79 Å². The maximum Gasteiger partial charge on any atom is 0.222 e. The van der Waals surface area contributed by atoms with E-state index >= 15 is 0 Å². The molecule has 2 heterocycles. The van der Waals surface area contributed by atoms with Crippen molar-refractivity contribution < 1.29 is 14.3 Å². The van der Waals surface area contributed by atoms with E-state index in [-0.39, 0.29) is 5.91 Å². The summed E-state index contributed by atoms with van der Waals surface area (Å²) in [5.41, 5.74) is 1.89. The van der Waals surface area contributed by atoms with Crippen molar-refractivity contribution in [2.24, 2.45) is 0 Å². The third-order valence-electron chi connectivity index (χ3n) is 5.10. The van der Waals surface area contributed by atoms with E-state index in [1.807, 2.05) is 36.0 Å². The second-order valence-electron chi connectivity index (χ2n) is 7.25. The number of rotatable bonds is 9. The van der Waals surface area contributed by atoms with Crippen LogP contribution < -0.4 is 19.7 Å². The molecule has 1 aliphatic heterocycles. The molecule has 0 bridgehead atoms. The molecule has 0 spiro atoms. The molecule has 0 aliphatic carbocycles. The Hall–Kier alpha value is -2.54. The van der Waals surface area contributed by atoms with Gasteiger partial charge in [-0.2, -0.15) is 0 Å². The number of fused-ring (bicyclic) bond motifs is 1. The average molecular weight is 386 g/mol. The quantitative estimate of drug-likeness (QED) is 0.668. The maximum atomic E-state index is 11.7. The average Bonchev–Trinajstić information content (AvgIpc) is 3.10. The van der Waals surface area contributed by atoms with E-state index in [2.05, 4.69) is 11.4 Å². The monoisotopic (exact) mass is 386 g/mol.